The Kier molecular flexibility index (Phi) is 5.59. The van der Waals surface area contributed by atoms with Gasteiger partial charge in [-0.05, 0) is 24.3 Å². The zero-order valence-corrected chi connectivity index (χ0v) is 17.5. The number of hydrogen-bond acceptors (Lipinski definition) is 5. The van der Waals surface area contributed by atoms with Crippen molar-refractivity contribution in [3.8, 4) is 0 Å². The molecule has 2 aromatic carbocycles. The van der Waals surface area contributed by atoms with E-state index in [4.69, 9.17) is 11.6 Å². The Morgan fingerprint density at radius 1 is 1.00 bits per heavy atom. The molecule has 4 rings (SSSR count). The van der Waals surface area contributed by atoms with Crippen molar-refractivity contribution < 1.29 is 13.2 Å². The summed E-state index contributed by atoms with van der Waals surface area (Å²) in [5, 5.41) is 0.167. The first-order valence-electron chi connectivity index (χ1n) is 9.35. The molecule has 1 aromatic heterocycles. The Labute approximate surface area is 178 Å². The summed E-state index contributed by atoms with van der Waals surface area (Å²) >= 11 is 6.05. The van der Waals surface area contributed by atoms with Gasteiger partial charge in [0, 0.05) is 26.2 Å². The van der Waals surface area contributed by atoms with Gasteiger partial charge in [-0.3, -0.25) is 14.2 Å². The van der Waals surface area contributed by atoms with Gasteiger partial charge < -0.3 is 4.90 Å². The lowest BCUT2D eigenvalue weighted by molar-refractivity contribution is -0.133. The van der Waals surface area contributed by atoms with Crippen molar-refractivity contribution in [3.05, 3.63) is 70.1 Å². The Morgan fingerprint density at radius 2 is 1.67 bits per heavy atom. The van der Waals surface area contributed by atoms with Crippen LogP contribution < -0.4 is 5.56 Å². The summed E-state index contributed by atoms with van der Waals surface area (Å²) in [5.41, 5.74) is 0.848. The van der Waals surface area contributed by atoms with Crippen molar-refractivity contribution in [1.82, 2.24) is 18.8 Å². The molecule has 3 aromatic rings. The summed E-state index contributed by atoms with van der Waals surface area (Å²) < 4.78 is 28.4. The highest BCUT2D eigenvalue weighted by Gasteiger charge is 2.31. The van der Waals surface area contributed by atoms with Crippen LogP contribution in [0.5, 0.6) is 0 Å². The van der Waals surface area contributed by atoms with E-state index in [9.17, 15) is 18.0 Å². The molecular formula is C20H19ClN4O4S. The number of fused-ring (bicyclic) bond motifs is 1. The molecule has 1 amide bonds. The number of aromatic nitrogens is 2. The minimum absolute atomic E-state index is 0.0567. The highest BCUT2D eigenvalue weighted by atomic mass is 35.5. The second kappa shape index (κ2) is 8.17. The maximum absolute atomic E-state index is 12.9. The Balaban J connectivity index is 1.48. The second-order valence-corrected chi connectivity index (χ2v) is 9.20. The second-order valence-electron chi connectivity index (χ2n) is 6.89. The molecular weight excluding hydrogens is 428 g/mol. The van der Waals surface area contributed by atoms with Gasteiger partial charge in [0.25, 0.3) is 5.56 Å². The van der Waals surface area contributed by atoms with E-state index in [1.165, 1.54) is 27.2 Å². The van der Waals surface area contributed by atoms with E-state index < -0.39 is 10.0 Å². The standard InChI is InChI=1S/C20H19ClN4O4S/c21-15-5-1-4-8-18(15)30(28,29)24-11-9-23(10-12-24)20(27)14-25-17-7-3-2-6-16(17)22-13-19(25)26/h1-8,13H,9-12,14H2. The minimum Gasteiger partial charge on any atom is -0.338 e. The lowest BCUT2D eigenvalue weighted by Crippen LogP contribution is -2.51. The van der Waals surface area contributed by atoms with Crippen LogP contribution in [0.15, 0.2) is 64.4 Å². The average molecular weight is 447 g/mol. The first-order chi connectivity index (χ1) is 14.4. The van der Waals surface area contributed by atoms with Crippen molar-refractivity contribution in [2.24, 2.45) is 0 Å². The molecule has 0 atom stereocenters. The normalized spacial score (nSPS) is 15.4. The Morgan fingerprint density at radius 3 is 2.40 bits per heavy atom. The monoisotopic (exact) mass is 446 g/mol. The molecule has 0 aliphatic carbocycles. The van der Waals surface area contributed by atoms with E-state index in [-0.39, 0.29) is 54.1 Å². The lowest BCUT2D eigenvalue weighted by Gasteiger charge is -2.34. The Hall–Kier alpha value is -2.75. The Bertz CT molecular complexity index is 1270. The molecule has 30 heavy (non-hydrogen) atoms. The van der Waals surface area contributed by atoms with E-state index in [2.05, 4.69) is 4.98 Å². The quantitative estimate of drug-likeness (QED) is 0.606. The summed E-state index contributed by atoms with van der Waals surface area (Å²) in [4.78, 5) is 30.8. The molecule has 0 unspecified atom stereocenters. The number of amides is 1. The molecule has 0 saturated carbocycles. The molecule has 1 aliphatic rings. The van der Waals surface area contributed by atoms with Gasteiger partial charge in [0.15, 0.2) is 0 Å². The van der Waals surface area contributed by atoms with E-state index in [1.807, 2.05) is 6.07 Å². The first-order valence-corrected chi connectivity index (χ1v) is 11.2. The lowest BCUT2D eigenvalue weighted by atomic mass is 10.3. The van der Waals surface area contributed by atoms with E-state index in [0.717, 1.165) is 0 Å². The van der Waals surface area contributed by atoms with E-state index in [0.29, 0.717) is 11.0 Å². The van der Waals surface area contributed by atoms with Gasteiger partial charge in [-0.2, -0.15) is 4.31 Å². The number of para-hydroxylation sites is 2. The topological polar surface area (TPSA) is 92.6 Å². The molecule has 1 saturated heterocycles. The van der Waals surface area contributed by atoms with Crippen LogP contribution in [0.3, 0.4) is 0 Å². The van der Waals surface area contributed by atoms with Gasteiger partial charge in [-0.1, -0.05) is 35.9 Å². The molecule has 0 radical (unpaired) electrons. The number of carbonyl (C=O) groups excluding carboxylic acids is 1. The first kappa shape index (κ1) is 20.5. The zero-order valence-electron chi connectivity index (χ0n) is 15.9. The van der Waals surface area contributed by atoms with Crippen LogP contribution in [-0.4, -0.2) is 59.3 Å². The van der Waals surface area contributed by atoms with E-state index >= 15 is 0 Å². The SMILES string of the molecule is O=C(Cn1c(=O)cnc2ccccc21)N1CCN(S(=O)(=O)c2ccccc2Cl)CC1. The molecule has 10 heteroatoms. The van der Waals surface area contributed by atoms with Crippen LogP contribution in [0.2, 0.25) is 5.02 Å². The smallest absolute Gasteiger partial charge is 0.269 e. The van der Waals surface area contributed by atoms with Crippen LogP contribution in [0.4, 0.5) is 0 Å². The minimum atomic E-state index is -3.74. The average Bonchev–Trinajstić information content (AvgIpc) is 2.76. The number of sulfonamides is 1. The van der Waals surface area contributed by atoms with Gasteiger partial charge in [-0.15, -0.1) is 0 Å². The van der Waals surface area contributed by atoms with Crippen molar-refractivity contribution in [2.75, 3.05) is 26.2 Å². The maximum Gasteiger partial charge on any atom is 0.269 e. The third-order valence-electron chi connectivity index (χ3n) is 5.09. The fraction of sp³-hybridized carbons (Fsp3) is 0.250. The molecule has 156 valence electrons. The van der Waals surface area contributed by atoms with Crippen molar-refractivity contribution in [2.45, 2.75) is 11.4 Å². The third-order valence-corrected chi connectivity index (χ3v) is 7.49. The molecule has 1 fully saturated rings. The van der Waals surface area contributed by atoms with Crippen LogP contribution in [0, 0.1) is 0 Å². The van der Waals surface area contributed by atoms with Gasteiger partial charge in [-0.25, -0.2) is 13.4 Å². The third kappa shape index (κ3) is 3.83. The molecule has 0 spiro atoms. The number of halogens is 1. The highest BCUT2D eigenvalue weighted by Crippen LogP contribution is 2.25. The van der Waals surface area contributed by atoms with Gasteiger partial charge in [0.05, 0.1) is 22.3 Å². The molecule has 2 heterocycles. The van der Waals surface area contributed by atoms with Crippen LogP contribution in [0.25, 0.3) is 11.0 Å². The largest absolute Gasteiger partial charge is 0.338 e. The summed E-state index contributed by atoms with van der Waals surface area (Å²) in [6.45, 7) is 0.663. The number of carbonyl (C=O) groups is 1. The fourth-order valence-corrected chi connectivity index (χ4v) is 5.40. The van der Waals surface area contributed by atoms with Crippen molar-refractivity contribution in [1.29, 1.82) is 0 Å². The highest BCUT2D eigenvalue weighted by molar-refractivity contribution is 7.89. The summed E-state index contributed by atoms with van der Waals surface area (Å²) in [6, 6.07) is 13.4. The number of rotatable bonds is 4. The van der Waals surface area contributed by atoms with Crippen molar-refractivity contribution >= 4 is 38.6 Å². The molecule has 1 aliphatic heterocycles. The number of nitrogens with zero attached hydrogens (tertiary/aromatic N) is 4. The number of hydrogen-bond donors (Lipinski definition) is 0. The van der Waals surface area contributed by atoms with Crippen LogP contribution >= 0.6 is 11.6 Å². The molecule has 0 bridgehead atoms. The molecule has 0 N–H and O–H groups in total. The number of piperazine rings is 1. The van der Waals surface area contributed by atoms with Crippen LogP contribution in [0.1, 0.15) is 0 Å². The van der Waals surface area contributed by atoms with E-state index in [1.54, 1.807) is 35.2 Å². The fourth-order valence-electron chi connectivity index (χ4n) is 3.48. The van der Waals surface area contributed by atoms with Gasteiger partial charge in [0.2, 0.25) is 15.9 Å². The van der Waals surface area contributed by atoms with Gasteiger partial charge in [0.1, 0.15) is 11.4 Å². The van der Waals surface area contributed by atoms with Crippen molar-refractivity contribution in [3.63, 3.8) is 0 Å². The summed E-state index contributed by atoms with van der Waals surface area (Å²) in [5.74, 6) is -0.247. The maximum atomic E-state index is 12.9. The molecule has 8 nitrogen and oxygen atoms in total. The van der Waals surface area contributed by atoms with Gasteiger partial charge >= 0.3 is 0 Å². The van der Waals surface area contributed by atoms with Crippen LogP contribution in [-0.2, 0) is 21.4 Å². The summed E-state index contributed by atoms with van der Waals surface area (Å²) in [6.07, 6.45) is 1.20. The summed E-state index contributed by atoms with van der Waals surface area (Å²) in [7, 11) is -3.74. The predicted molar refractivity (Wildman–Crippen MR) is 113 cm³/mol. The predicted octanol–water partition coefficient (Wildman–Crippen LogP) is 1.58. The number of benzene rings is 2. The zero-order chi connectivity index (χ0) is 21.3.